The Balaban J connectivity index is 2.29. The van der Waals surface area contributed by atoms with E-state index < -0.39 is 5.97 Å². The summed E-state index contributed by atoms with van der Waals surface area (Å²) in [6.07, 6.45) is 9.30. The van der Waals surface area contributed by atoms with Crippen molar-refractivity contribution in [1.82, 2.24) is 4.98 Å². The molecule has 1 aliphatic heterocycles. The van der Waals surface area contributed by atoms with E-state index in [4.69, 9.17) is 5.11 Å². The Kier molecular flexibility index (Phi) is 4.55. The van der Waals surface area contributed by atoms with Crippen LogP contribution in [0, 0.1) is 0 Å². The summed E-state index contributed by atoms with van der Waals surface area (Å²) in [6.45, 7) is 3.20. The second-order valence-electron chi connectivity index (χ2n) is 4.84. The van der Waals surface area contributed by atoms with Crippen molar-refractivity contribution in [2.75, 3.05) is 11.4 Å². The van der Waals surface area contributed by atoms with Gasteiger partial charge in [0.25, 0.3) is 0 Å². The molecule has 1 aromatic heterocycles. The van der Waals surface area contributed by atoms with E-state index in [-0.39, 0.29) is 0 Å². The van der Waals surface area contributed by atoms with Gasteiger partial charge in [0.2, 0.25) is 0 Å². The number of carbonyl (C=O) groups is 1. The predicted molar refractivity (Wildman–Crippen MR) is 76.2 cm³/mol. The number of carboxylic acids is 1. The van der Waals surface area contributed by atoms with Crippen LogP contribution in [0.2, 0.25) is 0 Å². The van der Waals surface area contributed by atoms with Gasteiger partial charge in [-0.25, -0.2) is 9.78 Å². The summed E-state index contributed by atoms with van der Waals surface area (Å²) >= 11 is 0. The van der Waals surface area contributed by atoms with Crippen molar-refractivity contribution < 1.29 is 9.90 Å². The number of rotatable bonds is 4. The highest BCUT2D eigenvalue weighted by atomic mass is 16.4. The number of aromatic nitrogens is 1. The van der Waals surface area contributed by atoms with Gasteiger partial charge < -0.3 is 10.0 Å². The number of piperidine rings is 1. The van der Waals surface area contributed by atoms with E-state index in [0.29, 0.717) is 6.04 Å². The van der Waals surface area contributed by atoms with Crippen LogP contribution in [0.15, 0.2) is 24.4 Å². The Morgan fingerprint density at radius 2 is 2.42 bits per heavy atom. The smallest absolute Gasteiger partial charge is 0.328 e. The summed E-state index contributed by atoms with van der Waals surface area (Å²) in [5.74, 6) is -0.0213. The topological polar surface area (TPSA) is 53.4 Å². The second-order valence-corrected chi connectivity index (χ2v) is 4.84. The lowest BCUT2D eigenvalue weighted by atomic mass is 9.99. The highest BCUT2D eigenvalue weighted by Crippen LogP contribution is 2.28. The molecule has 0 aliphatic carbocycles. The fourth-order valence-electron chi connectivity index (χ4n) is 2.64. The van der Waals surface area contributed by atoms with Crippen LogP contribution in [0.25, 0.3) is 6.08 Å². The molecule has 1 atom stereocenters. The van der Waals surface area contributed by atoms with Crippen LogP contribution < -0.4 is 4.90 Å². The summed E-state index contributed by atoms with van der Waals surface area (Å²) in [5.41, 5.74) is 0.880. The largest absolute Gasteiger partial charge is 0.478 e. The first-order valence-electron chi connectivity index (χ1n) is 6.85. The number of hydrogen-bond donors (Lipinski definition) is 1. The van der Waals surface area contributed by atoms with Crippen LogP contribution in [-0.2, 0) is 4.79 Å². The average Bonchev–Trinajstić information content (AvgIpc) is 2.45. The molecule has 1 aromatic rings. The number of nitrogens with zero attached hydrogens (tertiary/aromatic N) is 2. The van der Waals surface area contributed by atoms with Crippen LogP contribution in [0.5, 0.6) is 0 Å². The Labute approximate surface area is 113 Å². The lowest BCUT2D eigenvalue weighted by Crippen LogP contribution is -2.40. The molecule has 0 aromatic carbocycles. The van der Waals surface area contributed by atoms with E-state index in [1.807, 2.05) is 12.1 Å². The number of pyridine rings is 1. The maximum atomic E-state index is 10.7. The summed E-state index contributed by atoms with van der Waals surface area (Å²) in [6, 6.07) is 4.28. The maximum absolute atomic E-state index is 10.7. The lowest BCUT2D eigenvalue weighted by Gasteiger charge is -2.37. The molecule has 102 valence electrons. The molecule has 0 saturated carbocycles. The van der Waals surface area contributed by atoms with Crippen molar-refractivity contribution in [1.29, 1.82) is 0 Å². The minimum atomic E-state index is -0.930. The first-order valence-corrected chi connectivity index (χ1v) is 6.85. The summed E-state index contributed by atoms with van der Waals surface area (Å²) < 4.78 is 0. The van der Waals surface area contributed by atoms with Gasteiger partial charge in [-0.3, -0.25) is 0 Å². The fourth-order valence-corrected chi connectivity index (χ4v) is 2.64. The molecule has 1 unspecified atom stereocenters. The Morgan fingerprint density at radius 3 is 3.16 bits per heavy atom. The second kappa shape index (κ2) is 6.36. The van der Waals surface area contributed by atoms with E-state index >= 15 is 0 Å². The van der Waals surface area contributed by atoms with Crippen LogP contribution in [0.1, 0.15) is 38.2 Å². The van der Waals surface area contributed by atoms with Gasteiger partial charge in [-0.2, -0.15) is 0 Å². The number of anilines is 1. The average molecular weight is 260 g/mol. The van der Waals surface area contributed by atoms with Crippen molar-refractivity contribution in [3.05, 3.63) is 30.0 Å². The van der Waals surface area contributed by atoms with E-state index in [9.17, 15) is 4.79 Å². The van der Waals surface area contributed by atoms with Crippen molar-refractivity contribution in [2.24, 2.45) is 0 Å². The summed E-state index contributed by atoms with van der Waals surface area (Å²) in [5, 5.41) is 8.75. The van der Waals surface area contributed by atoms with Gasteiger partial charge in [-0.1, -0.05) is 6.92 Å². The first-order chi connectivity index (χ1) is 9.22. The van der Waals surface area contributed by atoms with Gasteiger partial charge in [0.1, 0.15) is 5.82 Å². The monoisotopic (exact) mass is 260 g/mol. The predicted octanol–water partition coefficient (Wildman–Crippen LogP) is 2.95. The van der Waals surface area contributed by atoms with Gasteiger partial charge in [0.05, 0.1) is 0 Å². The van der Waals surface area contributed by atoms with Crippen LogP contribution in [-0.4, -0.2) is 28.6 Å². The molecule has 19 heavy (non-hydrogen) atoms. The van der Waals surface area contributed by atoms with Gasteiger partial charge in [0.15, 0.2) is 0 Å². The third-order valence-electron chi connectivity index (χ3n) is 3.59. The van der Waals surface area contributed by atoms with Gasteiger partial charge >= 0.3 is 5.97 Å². The lowest BCUT2D eigenvalue weighted by molar-refractivity contribution is -0.131. The van der Waals surface area contributed by atoms with Crippen LogP contribution in [0.3, 0.4) is 0 Å². The fraction of sp³-hybridized carbons (Fsp3) is 0.467. The van der Waals surface area contributed by atoms with E-state index in [1.54, 1.807) is 12.3 Å². The van der Waals surface area contributed by atoms with Gasteiger partial charge in [-0.05, 0) is 43.9 Å². The van der Waals surface area contributed by atoms with E-state index in [1.165, 1.54) is 25.3 Å². The molecule has 0 radical (unpaired) electrons. The third-order valence-corrected chi connectivity index (χ3v) is 3.59. The minimum absolute atomic E-state index is 0.514. The van der Waals surface area contributed by atoms with Crippen molar-refractivity contribution in [3.8, 4) is 0 Å². The van der Waals surface area contributed by atoms with Crippen molar-refractivity contribution >= 4 is 17.9 Å². The summed E-state index contributed by atoms with van der Waals surface area (Å²) in [4.78, 5) is 17.4. The summed E-state index contributed by atoms with van der Waals surface area (Å²) in [7, 11) is 0. The number of hydrogen-bond acceptors (Lipinski definition) is 3. The molecule has 2 heterocycles. The number of carboxylic acid groups (broad SMARTS) is 1. The Morgan fingerprint density at radius 1 is 1.58 bits per heavy atom. The zero-order chi connectivity index (χ0) is 13.7. The molecule has 4 nitrogen and oxygen atoms in total. The molecule has 4 heteroatoms. The normalized spacial score (nSPS) is 19.8. The number of aliphatic carboxylic acids is 1. The van der Waals surface area contributed by atoms with Crippen LogP contribution >= 0.6 is 0 Å². The SMILES string of the molecule is CCC1CCCCN1c1ncccc1/C=C/C(=O)O. The quantitative estimate of drug-likeness (QED) is 0.846. The molecular formula is C15H20N2O2. The molecule has 0 amide bonds. The highest BCUT2D eigenvalue weighted by molar-refractivity contribution is 5.86. The maximum Gasteiger partial charge on any atom is 0.328 e. The van der Waals surface area contributed by atoms with Crippen LogP contribution in [0.4, 0.5) is 5.82 Å². The Bertz CT molecular complexity index is 471. The van der Waals surface area contributed by atoms with Gasteiger partial charge in [-0.15, -0.1) is 0 Å². The van der Waals surface area contributed by atoms with Gasteiger partial charge in [0, 0.05) is 30.4 Å². The van der Waals surface area contributed by atoms with E-state index in [2.05, 4.69) is 16.8 Å². The first kappa shape index (κ1) is 13.6. The third kappa shape index (κ3) is 3.34. The standard InChI is InChI=1S/C15H20N2O2/c1-2-13-7-3-4-11-17(13)15-12(6-5-10-16-15)8-9-14(18)19/h5-6,8-10,13H,2-4,7,11H2,1H3,(H,18,19)/b9-8+. The Hall–Kier alpha value is -1.84. The van der Waals surface area contributed by atoms with Crippen molar-refractivity contribution in [2.45, 2.75) is 38.6 Å². The molecule has 0 bridgehead atoms. The molecule has 1 N–H and O–H groups in total. The molecule has 0 spiro atoms. The molecular weight excluding hydrogens is 240 g/mol. The highest BCUT2D eigenvalue weighted by Gasteiger charge is 2.23. The zero-order valence-corrected chi connectivity index (χ0v) is 11.2. The molecule has 1 fully saturated rings. The minimum Gasteiger partial charge on any atom is -0.478 e. The molecule has 1 saturated heterocycles. The van der Waals surface area contributed by atoms with Crippen molar-refractivity contribution in [3.63, 3.8) is 0 Å². The zero-order valence-electron chi connectivity index (χ0n) is 11.2. The molecule has 2 rings (SSSR count). The molecule has 1 aliphatic rings. The van der Waals surface area contributed by atoms with E-state index in [0.717, 1.165) is 24.3 Å².